The zero-order valence-corrected chi connectivity index (χ0v) is 15.1. The highest BCUT2D eigenvalue weighted by molar-refractivity contribution is 6.19. The Morgan fingerprint density at radius 1 is 0.966 bits per heavy atom. The number of amides is 2. The Morgan fingerprint density at radius 3 is 2.45 bits per heavy atom. The highest BCUT2D eigenvalue weighted by Crippen LogP contribution is 2.24. The normalized spacial score (nSPS) is 15.4. The molecule has 4 rings (SSSR count). The van der Waals surface area contributed by atoms with Crippen molar-refractivity contribution in [2.24, 2.45) is 4.99 Å². The van der Waals surface area contributed by atoms with Gasteiger partial charge in [-0.1, -0.05) is 60.7 Å². The number of ether oxygens (including phenoxy) is 1. The van der Waals surface area contributed by atoms with Gasteiger partial charge in [-0.05, 0) is 18.2 Å². The fourth-order valence-corrected chi connectivity index (χ4v) is 2.95. The molecule has 0 saturated carbocycles. The van der Waals surface area contributed by atoms with Gasteiger partial charge in [-0.2, -0.15) is 0 Å². The second kappa shape index (κ2) is 7.93. The Bertz CT molecular complexity index is 1100. The van der Waals surface area contributed by atoms with E-state index < -0.39 is 24.0 Å². The number of hydrogen-bond acceptors (Lipinski definition) is 4. The summed E-state index contributed by atoms with van der Waals surface area (Å²) in [5, 5.41) is 5.01. The van der Waals surface area contributed by atoms with Gasteiger partial charge < -0.3 is 10.1 Å². The summed E-state index contributed by atoms with van der Waals surface area (Å²) in [5.41, 5.74) is 2.47. The molecular weight excluding hydrogens is 373 g/mol. The quantitative estimate of drug-likeness (QED) is 0.705. The maximum atomic E-state index is 13.8. The van der Waals surface area contributed by atoms with Gasteiger partial charge in [0.25, 0.3) is 12.1 Å². The van der Waals surface area contributed by atoms with Crippen LogP contribution in [0.15, 0.2) is 83.9 Å². The van der Waals surface area contributed by atoms with Crippen molar-refractivity contribution in [2.45, 2.75) is 6.23 Å². The number of hydrogen-bond donors (Lipinski definition) is 2. The minimum Gasteiger partial charge on any atom is -0.414 e. The van der Waals surface area contributed by atoms with Crippen LogP contribution in [0.3, 0.4) is 0 Å². The van der Waals surface area contributed by atoms with Gasteiger partial charge >= 0.3 is 6.09 Å². The summed E-state index contributed by atoms with van der Waals surface area (Å²) in [6.45, 7) is 0. The van der Waals surface area contributed by atoms with Crippen molar-refractivity contribution in [1.29, 1.82) is 0 Å². The van der Waals surface area contributed by atoms with E-state index in [1.807, 2.05) is 42.5 Å². The van der Waals surface area contributed by atoms with Crippen molar-refractivity contribution in [3.8, 4) is 0 Å². The van der Waals surface area contributed by atoms with E-state index in [2.05, 4.69) is 15.6 Å². The zero-order valence-electron chi connectivity index (χ0n) is 15.1. The molecule has 1 unspecified atom stereocenters. The molecule has 3 aromatic rings. The zero-order chi connectivity index (χ0) is 20.2. The Hall–Kier alpha value is -4.00. The first kappa shape index (κ1) is 18.4. The number of carbonyl (C=O) groups is 2. The van der Waals surface area contributed by atoms with Crippen LogP contribution < -0.4 is 10.6 Å². The Kier molecular flexibility index (Phi) is 5.03. The third-order valence-corrected chi connectivity index (χ3v) is 4.29. The lowest BCUT2D eigenvalue weighted by atomic mass is 10.0. The molecule has 1 heterocycles. The number of halogens is 1. The fraction of sp³-hybridized carbons (Fsp3) is 0.0455. The van der Waals surface area contributed by atoms with Crippen LogP contribution in [-0.4, -0.2) is 23.9 Å². The number of nitrogens with one attached hydrogen (secondary N) is 2. The van der Waals surface area contributed by atoms with Gasteiger partial charge in [0.05, 0.1) is 17.1 Å². The molecule has 2 amide bonds. The van der Waals surface area contributed by atoms with Crippen molar-refractivity contribution in [3.63, 3.8) is 0 Å². The first-order valence-corrected chi connectivity index (χ1v) is 8.87. The molecule has 0 radical (unpaired) electrons. The van der Waals surface area contributed by atoms with E-state index in [0.717, 1.165) is 5.56 Å². The van der Waals surface area contributed by atoms with Crippen LogP contribution in [0.1, 0.15) is 11.1 Å². The van der Waals surface area contributed by atoms with Gasteiger partial charge in [0.1, 0.15) is 5.82 Å². The van der Waals surface area contributed by atoms with Gasteiger partial charge in [-0.3, -0.25) is 10.1 Å². The summed E-state index contributed by atoms with van der Waals surface area (Å²) in [6.07, 6.45) is -2.43. The third kappa shape index (κ3) is 3.98. The summed E-state index contributed by atoms with van der Waals surface area (Å²) in [7, 11) is 0. The van der Waals surface area contributed by atoms with Crippen LogP contribution in [-0.2, 0) is 9.53 Å². The lowest BCUT2D eigenvalue weighted by molar-refractivity contribution is -0.123. The summed E-state index contributed by atoms with van der Waals surface area (Å²) >= 11 is 0. The Balaban J connectivity index is 1.66. The molecule has 0 fully saturated rings. The highest BCUT2D eigenvalue weighted by Gasteiger charge is 2.28. The molecule has 0 aliphatic carbocycles. The lowest BCUT2D eigenvalue weighted by Gasteiger charge is -2.13. The molecule has 1 aliphatic rings. The fourth-order valence-electron chi connectivity index (χ4n) is 2.95. The van der Waals surface area contributed by atoms with Crippen LogP contribution in [0.25, 0.3) is 0 Å². The van der Waals surface area contributed by atoms with Crippen molar-refractivity contribution in [3.05, 3.63) is 95.8 Å². The average Bonchev–Trinajstić information content (AvgIpc) is 2.87. The number of benzodiazepines with no additional fused rings is 1. The number of anilines is 2. The molecule has 1 atom stereocenters. The van der Waals surface area contributed by atoms with Crippen molar-refractivity contribution >= 4 is 29.1 Å². The van der Waals surface area contributed by atoms with E-state index in [4.69, 9.17) is 4.74 Å². The van der Waals surface area contributed by atoms with E-state index in [1.165, 1.54) is 18.2 Å². The maximum Gasteiger partial charge on any atom is 0.414 e. The minimum atomic E-state index is -1.44. The third-order valence-electron chi connectivity index (χ3n) is 4.29. The van der Waals surface area contributed by atoms with Crippen molar-refractivity contribution in [1.82, 2.24) is 0 Å². The first-order valence-electron chi connectivity index (χ1n) is 8.87. The SMILES string of the molecule is O=C(Nc1ccccc1F)OC1N=C(c2ccccc2)c2ccccc2NC1=O. The number of para-hydroxylation sites is 2. The molecule has 7 heteroatoms. The topological polar surface area (TPSA) is 79.8 Å². The number of aliphatic imine (C=N–C) groups is 1. The molecule has 144 valence electrons. The predicted molar refractivity (Wildman–Crippen MR) is 107 cm³/mol. The van der Waals surface area contributed by atoms with Crippen LogP contribution in [0, 0.1) is 5.82 Å². The van der Waals surface area contributed by atoms with Gasteiger partial charge in [0.15, 0.2) is 0 Å². The molecule has 0 bridgehead atoms. The molecule has 0 spiro atoms. The summed E-state index contributed by atoms with van der Waals surface area (Å²) < 4.78 is 19.0. The molecule has 2 N–H and O–H groups in total. The van der Waals surface area contributed by atoms with E-state index in [0.29, 0.717) is 17.0 Å². The molecule has 6 nitrogen and oxygen atoms in total. The van der Waals surface area contributed by atoms with Gasteiger partial charge in [0.2, 0.25) is 0 Å². The monoisotopic (exact) mass is 389 g/mol. The van der Waals surface area contributed by atoms with E-state index in [9.17, 15) is 14.0 Å². The summed E-state index contributed by atoms with van der Waals surface area (Å²) in [6, 6.07) is 22.1. The lowest BCUT2D eigenvalue weighted by Crippen LogP contribution is -2.32. The number of fused-ring (bicyclic) bond motifs is 1. The standard InChI is InChI=1S/C22H16FN3O3/c23-16-11-5-7-13-18(16)25-22(28)29-21-20(27)24-17-12-6-4-10-15(17)19(26-21)14-8-2-1-3-9-14/h1-13,21H,(H,24,27)(H,25,28). The van der Waals surface area contributed by atoms with Gasteiger partial charge in [0, 0.05) is 11.1 Å². The van der Waals surface area contributed by atoms with Crippen LogP contribution in [0.5, 0.6) is 0 Å². The number of nitrogens with zero attached hydrogens (tertiary/aromatic N) is 1. The second-order valence-electron chi connectivity index (χ2n) is 6.24. The van der Waals surface area contributed by atoms with Gasteiger partial charge in [-0.15, -0.1) is 0 Å². The van der Waals surface area contributed by atoms with Crippen LogP contribution in [0.2, 0.25) is 0 Å². The predicted octanol–water partition coefficient (Wildman–Crippen LogP) is 4.19. The number of benzene rings is 3. The summed E-state index contributed by atoms with van der Waals surface area (Å²) in [5.74, 6) is -1.22. The van der Waals surface area contributed by atoms with E-state index in [-0.39, 0.29) is 5.69 Å². The van der Waals surface area contributed by atoms with Crippen molar-refractivity contribution in [2.75, 3.05) is 10.6 Å². The van der Waals surface area contributed by atoms with E-state index >= 15 is 0 Å². The Morgan fingerprint density at radius 2 is 1.66 bits per heavy atom. The minimum absolute atomic E-state index is 0.0536. The molecule has 0 aromatic heterocycles. The smallest absolute Gasteiger partial charge is 0.414 e. The number of rotatable bonds is 3. The van der Waals surface area contributed by atoms with E-state index in [1.54, 1.807) is 18.2 Å². The van der Waals surface area contributed by atoms with Crippen molar-refractivity contribution < 1.29 is 18.7 Å². The molecule has 29 heavy (non-hydrogen) atoms. The maximum absolute atomic E-state index is 13.8. The first-order chi connectivity index (χ1) is 14.1. The number of carbonyl (C=O) groups excluding carboxylic acids is 2. The van der Waals surface area contributed by atoms with Crippen LogP contribution >= 0.6 is 0 Å². The largest absolute Gasteiger partial charge is 0.414 e. The molecule has 1 aliphatic heterocycles. The van der Waals surface area contributed by atoms with Crippen LogP contribution in [0.4, 0.5) is 20.6 Å². The second-order valence-corrected chi connectivity index (χ2v) is 6.24. The highest BCUT2D eigenvalue weighted by atomic mass is 19.1. The molecule has 0 saturated heterocycles. The molecular formula is C22H16FN3O3. The average molecular weight is 389 g/mol. The molecule has 3 aromatic carbocycles. The Labute approximate surface area is 166 Å². The van der Waals surface area contributed by atoms with Gasteiger partial charge in [-0.25, -0.2) is 14.2 Å². The summed E-state index contributed by atoms with van der Waals surface area (Å²) in [4.78, 5) is 29.3.